The number of aryl methyl sites for hydroxylation is 3. The fraction of sp³-hybridized carbons (Fsp3) is 0.444. The van der Waals surface area contributed by atoms with E-state index in [9.17, 15) is 9.59 Å². The predicted molar refractivity (Wildman–Crippen MR) is 94.0 cm³/mol. The first-order valence-electron chi connectivity index (χ1n) is 8.47. The summed E-state index contributed by atoms with van der Waals surface area (Å²) in [6, 6.07) is 5.95. The molecule has 7 nitrogen and oxygen atoms in total. The Balaban J connectivity index is 1.65. The lowest BCUT2D eigenvalue weighted by molar-refractivity contribution is -0.127. The third kappa shape index (κ3) is 3.87. The zero-order chi connectivity index (χ0) is 18.0. The van der Waals surface area contributed by atoms with Crippen molar-refractivity contribution in [2.24, 2.45) is 5.92 Å². The summed E-state index contributed by atoms with van der Waals surface area (Å²) in [6.07, 6.45) is 0.948. The van der Waals surface area contributed by atoms with Gasteiger partial charge in [-0.25, -0.2) is 4.98 Å². The van der Waals surface area contributed by atoms with E-state index in [0.29, 0.717) is 31.0 Å². The number of carbonyl (C=O) groups excluding carboxylic acids is 2. The molecule has 1 aliphatic rings. The lowest BCUT2D eigenvalue weighted by Gasteiger charge is -2.32. The van der Waals surface area contributed by atoms with Crippen LogP contribution < -0.4 is 10.2 Å². The minimum Gasteiger partial charge on any atom is -0.348 e. The number of hydrogen-bond acceptors (Lipinski definition) is 4. The van der Waals surface area contributed by atoms with Crippen molar-refractivity contribution in [3.63, 3.8) is 0 Å². The third-order valence-corrected chi connectivity index (χ3v) is 4.65. The van der Waals surface area contributed by atoms with Gasteiger partial charge in [-0.2, -0.15) is 5.10 Å². The fourth-order valence-corrected chi connectivity index (χ4v) is 2.98. The van der Waals surface area contributed by atoms with E-state index in [1.54, 1.807) is 4.90 Å². The molecule has 0 spiro atoms. The molecule has 1 atom stereocenters. The Morgan fingerprint density at radius 3 is 2.80 bits per heavy atom. The van der Waals surface area contributed by atoms with Crippen LogP contribution in [0.2, 0.25) is 0 Å². The van der Waals surface area contributed by atoms with Gasteiger partial charge in [0.25, 0.3) is 0 Å². The molecule has 0 bridgehead atoms. The number of nitrogens with one attached hydrogen (secondary N) is 2. The van der Waals surface area contributed by atoms with Crippen molar-refractivity contribution in [2.75, 3.05) is 11.4 Å². The zero-order valence-corrected chi connectivity index (χ0v) is 14.8. The molecule has 1 aromatic carbocycles. The van der Waals surface area contributed by atoms with E-state index in [4.69, 9.17) is 0 Å². The van der Waals surface area contributed by atoms with Gasteiger partial charge in [-0.05, 0) is 50.5 Å². The molecule has 0 radical (unpaired) electrons. The number of amides is 2. The number of carbonyl (C=O) groups is 2. The van der Waals surface area contributed by atoms with E-state index in [0.717, 1.165) is 11.3 Å². The van der Waals surface area contributed by atoms with Crippen molar-refractivity contribution in [1.29, 1.82) is 0 Å². The maximum absolute atomic E-state index is 12.5. The number of piperidine rings is 1. The SMILES string of the molecule is Cc1nc(CNC(=O)C2CCC(=O)N(c3ccc(C)c(C)c3)C2)n[nH]1. The van der Waals surface area contributed by atoms with Crippen molar-refractivity contribution < 1.29 is 9.59 Å². The highest BCUT2D eigenvalue weighted by molar-refractivity contribution is 5.96. The molecule has 25 heavy (non-hydrogen) atoms. The Hall–Kier alpha value is -2.70. The van der Waals surface area contributed by atoms with E-state index in [1.807, 2.05) is 39.0 Å². The quantitative estimate of drug-likeness (QED) is 0.887. The van der Waals surface area contributed by atoms with E-state index in [2.05, 4.69) is 20.5 Å². The molecular weight excluding hydrogens is 318 g/mol. The molecule has 1 unspecified atom stereocenters. The number of nitrogens with zero attached hydrogens (tertiary/aromatic N) is 3. The number of H-pyrrole nitrogens is 1. The zero-order valence-electron chi connectivity index (χ0n) is 14.8. The lowest BCUT2D eigenvalue weighted by Crippen LogP contribution is -2.45. The number of aromatic amines is 1. The topological polar surface area (TPSA) is 91.0 Å². The molecule has 3 rings (SSSR count). The smallest absolute Gasteiger partial charge is 0.227 e. The third-order valence-electron chi connectivity index (χ3n) is 4.65. The summed E-state index contributed by atoms with van der Waals surface area (Å²) in [5.74, 6) is 1.05. The standard InChI is InChI=1S/C18H23N5O2/c1-11-4-6-15(8-12(11)2)23-10-14(5-7-17(23)24)18(25)19-9-16-20-13(3)21-22-16/h4,6,8,14H,5,7,9-10H2,1-3H3,(H,19,25)(H,20,21,22). The van der Waals surface area contributed by atoms with Crippen molar-refractivity contribution in [1.82, 2.24) is 20.5 Å². The van der Waals surface area contributed by atoms with Crippen LogP contribution in [0.3, 0.4) is 0 Å². The number of anilines is 1. The summed E-state index contributed by atoms with van der Waals surface area (Å²) in [4.78, 5) is 30.7. The van der Waals surface area contributed by atoms with E-state index >= 15 is 0 Å². The summed E-state index contributed by atoms with van der Waals surface area (Å²) in [5.41, 5.74) is 3.18. The molecule has 1 aromatic heterocycles. The number of hydrogen-bond donors (Lipinski definition) is 2. The lowest BCUT2D eigenvalue weighted by atomic mass is 9.95. The van der Waals surface area contributed by atoms with Gasteiger partial charge in [-0.3, -0.25) is 14.7 Å². The minimum absolute atomic E-state index is 0.0659. The summed E-state index contributed by atoms with van der Waals surface area (Å²) < 4.78 is 0. The maximum atomic E-state index is 12.5. The van der Waals surface area contributed by atoms with Crippen LogP contribution in [-0.2, 0) is 16.1 Å². The van der Waals surface area contributed by atoms with Crippen LogP contribution in [0.1, 0.15) is 35.6 Å². The molecule has 2 amide bonds. The normalized spacial score (nSPS) is 17.6. The molecule has 1 aliphatic heterocycles. The van der Waals surface area contributed by atoms with Crippen LogP contribution in [0.15, 0.2) is 18.2 Å². The van der Waals surface area contributed by atoms with Gasteiger partial charge in [0, 0.05) is 18.7 Å². The summed E-state index contributed by atoms with van der Waals surface area (Å²) in [5, 5.41) is 9.63. The Morgan fingerprint density at radius 1 is 1.32 bits per heavy atom. The number of rotatable bonds is 4. The first-order chi connectivity index (χ1) is 11.9. The highest BCUT2D eigenvalue weighted by Crippen LogP contribution is 2.26. The number of aromatic nitrogens is 3. The second-order valence-corrected chi connectivity index (χ2v) is 6.56. The Morgan fingerprint density at radius 2 is 2.12 bits per heavy atom. The van der Waals surface area contributed by atoms with Crippen LogP contribution >= 0.6 is 0 Å². The first-order valence-corrected chi connectivity index (χ1v) is 8.47. The van der Waals surface area contributed by atoms with Gasteiger partial charge in [0.1, 0.15) is 5.82 Å². The van der Waals surface area contributed by atoms with Crippen LogP contribution in [0.25, 0.3) is 0 Å². The van der Waals surface area contributed by atoms with Crippen molar-refractivity contribution in [2.45, 2.75) is 40.2 Å². The molecule has 132 valence electrons. The van der Waals surface area contributed by atoms with Gasteiger partial charge in [-0.15, -0.1) is 0 Å². The molecule has 0 saturated carbocycles. The second-order valence-electron chi connectivity index (χ2n) is 6.56. The van der Waals surface area contributed by atoms with Gasteiger partial charge in [0.15, 0.2) is 5.82 Å². The molecule has 2 aromatic rings. The number of benzene rings is 1. The highest BCUT2D eigenvalue weighted by atomic mass is 16.2. The van der Waals surface area contributed by atoms with Crippen LogP contribution in [0, 0.1) is 26.7 Å². The molecule has 1 fully saturated rings. The van der Waals surface area contributed by atoms with Crippen LogP contribution in [0.5, 0.6) is 0 Å². The van der Waals surface area contributed by atoms with Crippen LogP contribution in [0.4, 0.5) is 5.69 Å². The molecule has 7 heteroatoms. The van der Waals surface area contributed by atoms with E-state index < -0.39 is 0 Å². The van der Waals surface area contributed by atoms with Gasteiger partial charge >= 0.3 is 0 Å². The molecule has 2 heterocycles. The summed E-state index contributed by atoms with van der Waals surface area (Å²) in [6.45, 7) is 6.57. The van der Waals surface area contributed by atoms with E-state index in [-0.39, 0.29) is 24.3 Å². The molecule has 0 aliphatic carbocycles. The monoisotopic (exact) mass is 341 g/mol. The Kier molecular flexibility index (Phi) is 4.83. The molecule has 1 saturated heterocycles. The average Bonchev–Trinajstić information content (AvgIpc) is 3.01. The van der Waals surface area contributed by atoms with E-state index in [1.165, 1.54) is 5.56 Å². The molecule has 2 N–H and O–H groups in total. The van der Waals surface area contributed by atoms with Gasteiger partial charge in [-0.1, -0.05) is 6.07 Å². The van der Waals surface area contributed by atoms with Crippen molar-refractivity contribution in [3.05, 3.63) is 41.0 Å². The van der Waals surface area contributed by atoms with Gasteiger partial charge < -0.3 is 10.2 Å². The van der Waals surface area contributed by atoms with Crippen molar-refractivity contribution >= 4 is 17.5 Å². The first kappa shape index (κ1) is 17.1. The Bertz CT molecular complexity index is 799. The van der Waals surface area contributed by atoms with Crippen LogP contribution in [-0.4, -0.2) is 33.5 Å². The van der Waals surface area contributed by atoms with Crippen molar-refractivity contribution in [3.8, 4) is 0 Å². The average molecular weight is 341 g/mol. The van der Waals surface area contributed by atoms with Gasteiger partial charge in [0.2, 0.25) is 11.8 Å². The molecular formula is C18H23N5O2. The summed E-state index contributed by atoms with van der Waals surface area (Å²) >= 11 is 0. The predicted octanol–water partition coefficient (Wildman–Crippen LogP) is 1.79. The highest BCUT2D eigenvalue weighted by Gasteiger charge is 2.31. The maximum Gasteiger partial charge on any atom is 0.227 e. The van der Waals surface area contributed by atoms with Gasteiger partial charge in [0.05, 0.1) is 12.5 Å². The largest absolute Gasteiger partial charge is 0.348 e. The Labute approximate surface area is 146 Å². The second kappa shape index (κ2) is 7.04. The fourth-order valence-electron chi connectivity index (χ4n) is 2.98. The summed E-state index contributed by atoms with van der Waals surface area (Å²) in [7, 11) is 0. The minimum atomic E-state index is -0.223.